The van der Waals surface area contributed by atoms with E-state index >= 15 is 0 Å². The number of halogens is 7. The van der Waals surface area contributed by atoms with Crippen LogP contribution in [0.25, 0.3) is 35.2 Å². The molecule has 0 saturated carbocycles. The number of nitrogen functional groups attached to an aromatic ring is 6. The predicted molar refractivity (Wildman–Crippen MR) is 446 cm³/mol. The molecule has 0 fully saturated rings. The number of rotatable bonds is 13. The Kier molecular flexibility index (Phi) is 53.9. The van der Waals surface area contributed by atoms with Crippen LogP contribution in [-0.4, -0.2) is 214 Å². The molecule has 0 amide bonds. The second kappa shape index (κ2) is 56.1. The van der Waals surface area contributed by atoms with E-state index in [0.717, 1.165) is 0 Å². The Balaban J connectivity index is 0. The van der Waals surface area contributed by atoms with Gasteiger partial charge in [-0.15, -0.1) is 0 Å². The number of nitrogens with zero attached hydrogens (tertiary/aromatic N) is 26. The van der Waals surface area contributed by atoms with Crippen molar-refractivity contribution in [1.82, 2.24) is 118 Å². The van der Waals surface area contributed by atoms with Crippen LogP contribution in [-0.2, 0) is 20.5 Å². The number of hydrogen-bond donors (Lipinski definition) is 12. The molecular formula is C54H65B3Br5Cl2Cs2N32O9S5. The first-order valence-corrected chi connectivity index (χ1v) is 38.4. The average Bonchev–Trinajstić information content (AvgIpc) is 1.73. The van der Waals surface area contributed by atoms with Gasteiger partial charge in [0.05, 0.1) is 34.2 Å². The first-order chi connectivity index (χ1) is 51.0. The summed E-state index contributed by atoms with van der Waals surface area (Å²) in [5.74, 6) is 4.42. The third-order valence-corrected chi connectivity index (χ3v) is 18.3. The Morgan fingerprint density at radius 2 is 0.973 bits per heavy atom. The van der Waals surface area contributed by atoms with Crippen LogP contribution in [0.15, 0.2) is 169 Å². The van der Waals surface area contributed by atoms with Gasteiger partial charge in [0.2, 0.25) is 5.16 Å². The van der Waals surface area contributed by atoms with Gasteiger partial charge in [-0.25, -0.2) is 63.0 Å². The van der Waals surface area contributed by atoms with Crippen molar-refractivity contribution in [3.05, 3.63) is 149 Å². The van der Waals surface area contributed by atoms with E-state index in [2.05, 4.69) is 205 Å². The quantitative estimate of drug-likeness (QED) is 0.0101. The van der Waals surface area contributed by atoms with E-state index in [4.69, 9.17) is 87.8 Å². The SMILES string of the molecule is C.C.C.CS(=O)c1nc(N)c(Br)c(-n2cccn2)n1.CSc1nc(N)c(Br)c(-n2cccn2)n1.CSc1nc(N)c(Br)c(Cl)n1.CSc1nc(N)cc(Cl)n1.Nc1nc(-n2cc(B(O)O)cn2)nc(-n2cccn2)c1Br.Nc1nc(-n2cc(O)cn2)nc(-n2cccn2)c1Br.O=CO[O-].OB(O)C1=CCN=C1.[B]=NS.[Cs+].[Cs+].[H-]. The van der Waals surface area contributed by atoms with E-state index in [1.165, 1.54) is 97.3 Å². The molecule has 13 heterocycles. The molecule has 112 heavy (non-hydrogen) atoms. The second-order valence-corrected chi connectivity index (χ2v) is 27.1. The molecule has 41 nitrogen and oxygen atoms in total. The third kappa shape index (κ3) is 34.3. The van der Waals surface area contributed by atoms with Crippen molar-refractivity contribution in [1.29, 1.82) is 0 Å². The average molecular weight is 2240 g/mol. The first kappa shape index (κ1) is 108. The van der Waals surface area contributed by atoms with Crippen molar-refractivity contribution < 1.29 is 184 Å². The zero-order chi connectivity index (χ0) is 79.0. The Labute approximate surface area is 833 Å². The fourth-order valence-corrected chi connectivity index (χ4v) is 10.6. The zero-order valence-electron chi connectivity index (χ0n) is 57.7. The number of nitrogens with two attached hydrogens (primary N) is 6. The van der Waals surface area contributed by atoms with Gasteiger partial charge in [-0.2, -0.15) is 55.5 Å². The summed E-state index contributed by atoms with van der Waals surface area (Å²) in [4.78, 5) is 64.0. The van der Waals surface area contributed by atoms with E-state index in [1.54, 1.807) is 83.2 Å². The van der Waals surface area contributed by atoms with Crippen LogP contribution in [0, 0.1) is 0 Å². The minimum absolute atomic E-state index is 0. The molecule has 1 aliphatic heterocycles. The van der Waals surface area contributed by atoms with Gasteiger partial charge in [-0.05, 0) is 128 Å². The molecule has 58 heteroatoms. The van der Waals surface area contributed by atoms with Crippen molar-refractivity contribution in [2.24, 2.45) is 9.29 Å². The summed E-state index contributed by atoms with van der Waals surface area (Å²) in [7, 11) is 0.0930. The van der Waals surface area contributed by atoms with Gasteiger partial charge in [0.1, 0.15) is 63.1 Å². The molecule has 0 bridgehead atoms. The molecule has 0 aromatic carbocycles. The number of aromatic nitrogens is 24. The van der Waals surface area contributed by atoms with Crippen LogP contribution in [0.5, 0.6) is 5.75 Å². The summed E-state index contributed by atoms with van der Waals surface area (Å²) in [6, 6.07) is 8.61. The summed E-state index contributed by atoms with van der Waals surface area (Å²) < 4.78 is 25.7. The van der Waals surface area contributed by atoms with Crippen LogP contribution in [0.1, 0.15) is 23.7 Å². The van der Waals surface area contributed by atoms with Gasteiger partial charge in [-0.1, -0.05) is 86.8 Å². The number of aliphatic imine (C=N–C) groups is 1. The van der Waals surface area contributed by atoms with E-state index in [1.807, 2.05) is 24.8 Å². The van der Waals surface area contributed by atoms with Crippen molar-refractivity contribution >= 4 is 237 Å². The maximum absolute atomic E-state index is 11.3. The molecule has 1 atom stereocenters. The molecule has 1 aliphatic rings. The molecule has 1 unspecified atom stereocenters. The largest absolute Gasteiger partial charge is 1.00 e. The Morgan fingerprint density at radius 1 is 0.589 bits per heavy atom. The molecule has 1 radical (unpaired) electrons. The van der Waals surface area contributed by atoms with Gasteiger partial charge in [0, 0.05) is 86.0 Å². The number of hydrogen-bond acceptors (Lipinski definition) is 39. The molecular weight excluding hydrogens is 2170 g/mol. The molecule has 13 rings (SSSR count). The number of thioether (sulfide) groups is 3. The predicted octanol–water partition coefficient (Wildman–Crippen LogP) is -0.469. The molecule has 585 valence electrons. The number of thiol groups is 1. The monoisotopic (exact) mass is 2230 g/mol. The van der Waals surface area contributed by atoms with Crippen LogP contribution in [0.4, 0.5) is 34.9 Å². The van der Waals surface area contributed by atoms with Crippen LogP contribution < -0.4 is 183 Å². The normalized spacial score (nSPS) is 10.4. The molecule has 0 aliphatic carbocycles. The molecule has 0 spiro atoms. The minimum Gasteiger partial charge on any atom is -1.00 e. The van der Waals surface area contributed by atoms with Crippen molar-refractivity contribution in [2.45, 2.75) is 42.9 Å². The van der Waals surface area contributed by atoms with E-state index in [-0.39, 0.29) is 214 Å². The van der Waals surface area contributed by atoms with Gasteiger partial charge >= 0.3 is 177 Å². The Hall–Kier alpha value is -4.35. The van der Waals surface area contributed by atoms with Gasteiger partial charge < -0.3 is 71.2 Å². The second-order valence-electron chi connectivity index (χ2n) is 18.5. The summed E-state index contributed by atoms with van der Waals surface area (Å²) in [6.07, 6.45) is 29.1. The standard InChI is InChI=1S/C10H9BBrN7O2.C10H8BrN7O.C8H8BrN5OS.C8H8BrN5S.C5H5BrClN3S.C5H6ClN3S.C4H6BNO2.CH2O3.3CH4.BHNS.2Cs.H/c12-7-8(13)16-10(17-9(7)18-3-1-2-14-18)19-5-6(4-15-19)11(20)21;11-7-8(12)15-10(18-5-6(19)4-14-18)16-9(7)17-3-1-2-13-17;1-16(15)8-12-6(10)5(9)7(13-8)14-4-2-3-11-14;1-15-8-12-6(10)5(9)7(13-8)14-4-2-3-11-14;1-11-5-9-3(7)2(6)4(8)10-5;1-10-5-8-3(6)2-4(7)9-5;7-5(8)4-1-2-6-3-4;2-1-4-3;;;;1-2-3;;;/h1-5,20-21H,(H2,13,16,17);1-5,19H,(H2,12,15,16);2-4H,1H3,(H2,10,12,13);2-4H,1H3,(H2,10,12,13);1H3,(H2,8,9,10);2H,1H3,(H2,7,8,9);1,3,7-8H,2H2;1,3H;3*1H4;3H;;;/q;;;;;;;;;;;;2*+1;-1/p-1. The molecule has 12 aromatic heterocycles. The molecule has 0 saturated heterocycles. The smallest absolute Gasteiger partial charge is 1.00 e. The topological polar surface area (TPSA) is 610 Å². The number of carbonyl (C=O) groups excluding carboxylic acids is 1. The number of aromatic hydroxyl groups is 1. The summed E-state index contributed by atoms with van der Waals surface area (Å²) in [5, 5.41) is 79.8. The Bertz CT molecular complexity index is 4910. The fraction of sp³-hybridized carbons (Fsp3) is 0.148. The first-order valence-electron chi connectivity index (χ1n) is 28.1. The van der Waals surface area contributed by atoms with Gasteiger partial charge in [-0.3, -0.25) is 14.0 Å². The third-order valence-electron chi connectivity index (χ3n) is 11.5. The maximum Gasteiger partial charge on any atom is 1.00 e. The molecule has 17 N–H and O–H groups in total. The van der Waals surface area contributed by atoms with E-state index < -0.39 is 25.0 Å². The van der Waals surface area contributed by atoms with Crippen LogP contribution >= 0.6 is 151 Å². The fourth-order valence-electron chi connectivity index (χ4n) is 6.91. The minimum atomic E-state index is -1.61. The van der Waals surface area contributed by atoms with Crippen molar-refractivity contribution in [3.8, 4) is 40.9 Å². The summed E-state index contributed by atoms with van der Waals surface area (Å²) in [5.41, 5.74) is 34.7. The summed E-state index contributed by atoms with van der Waals surface area (Å²) in [6.45, 7) is 0.396. The summed E-state index contributed by atoms with van der Waals surface area (Å²) >= 11 is 35.1. The van der Waals surface area contributed by atoms with E-state index in [9.17, 15) is 9.32 Å². The van der Waals surface area contributed by atoms with Gasteiger partial charge in [0.15, 0.2) is 44.5 Å². The zero-order valence-corrected chi connectivity index (χ0v) is 82.8. The number of anilines is 6. The number of allylic oxidation sites excluding steroid dienone is 1. The van der Waals surface area contributed by atoms with Crippen LogP contribution in [0.3, 0.4) is 0 Å². The Morgan fingerprint density at radius 3 is 1.30 bits per heavy atom. The number of carbonyl (C=O) groups is 1. The van der Waals surface area contributed by atoms with Gasteiger partial charge in [0.25, 0.3) is 18.4 Å². The maximum atomic E-state index is 11.3. The van der Waals surface area contributed by atoms with E-state index in [0.29, 0.717) is 101 Å². The molecule has 12 aromatic rings. The van der Waals surface area contributed by atoms with Crippen molar-refractivity contribution in [3.63, 3.8) is 0 Å². The van der Waals surface area contributed by atoms with Crippen molar-refractivity contribution in [2.75, 3.05) is 66.0 Å². The van der Waals surface area contributed by atoms with Crippen LogP contribution in [0.2, 0.25) is 10.3 Å².